The topological polar surface area (TPSA) is 68.8 Å². The molecule has 0 aliphatic carbocycles. The number of anilines is 1. The van der Waals surface area contributed by atoms with Gasteiger partial charge in [0.25, 0.3) is 0 Å². The first-order valence-electron chi connectivity index (χ1n) is 9.00. The number of hydrogen-bond acceptors (Lipinski definition) is 5. The Labute approximate surface area is 173 Å². The lowest BCUT2D eigenvalue weighted by atomic mass is 10.1. The third kappa shape index (κ3) is 6.04. The molecule has 6 nitrogen and oxygen atoms in total. The first-order valence-corrected chi connectivity index (χ1v) is 9.00. The molecule has 2 N–H and O–H groups in total. The number of carbonyl (C=O) groups is 1. The van der Waals surface area contributed by atoms with Crippen LogP contribution in [0.2, 0.25) is 0 Å². The van der Waals surface area contributed by atoms with Gasteiger partial charge in [-0.2, -0.15) is 0 Å². The summed E-state index contributed by atoms with van der Waals surface area (Å²) in [5, 5.41) is 6.28. The number of halogens is 1. The summed E-state index contributed by atoms with van der Waals surface area (Å²) < 4.78 is 16.2. The molecule has 0 bridgehead atoms. The van der Waals surface area contributed by atoms with Crippen LogP contribution in [0.15, 0.2) is 36.4 Å². The molecule has 2 aromatic rings. The van der Waals surface area contributed by atoms with Crippen LogP contribution in [0, 0.1) is 0 Å². The average Bonchev–Trinajstić information content (AvgIpc) is 2.70. The van der Waals surface area contributed by atoms with E-state index in [1.54, 1.807) is 21.3 Å². The van der Waals surface area contributed by atoms with E-state index in [4.69, 9.17) is 14.2 Å². The van der Waals surface area contributed by atoms with Crippen molar-refractivity contribution in [1.29, 1.82) is 0 Å². The number of nitrogens with one attached hydrogen (secondary N) is 2. The Morgan fingerprint density at radius 3 is 2.29 bits per heavy atom. The zero-order valence-corrected chi connectivity index (χ0v) is 17.7. The van der Waals surface area contributed by atoms with Gasteiger partial charge in [-0.1, -0.05) is 31.2 Å². The van der Waals surface area contributed by atoms with Gasteiger partial charge in [0.1, 0.15) is 0 Å². The third-order valence-electron chi connectivity index (χ3n) is 4.26. The summed E-state index contributed by atoms with van der Waals surface area (Å²) in [7, 11) is 4.73. The highest BCUT2D eigenvalue weighted by Gasteiger charge is 2.16. The number of rotatable bonds is 10. The maximum atomic E-state index is 12.5. The number of benzene rings is 2. The number of carbonyl (C=O) groups excluding carboxylic acids is 1. The quantitative estimate of drug-likeness (QED) is 0.625. The van der Waals surface area contributed by atoms with Gasteiger partial charge >= 0.3 is 0 Å². The summed E-state index contributed by atoms with van der Waals surface area (Å²) >= 11 is 0. The van der Waals surface area contributed by atoms with Crippen LogP contribution >= 0.6 is 12.4 Å². The monoisotopic (exact) mass is 408 g/mol. The zero-order valence-electron chi connectivity index (χ0n) is 16.8. The standard InChI is InChI=1S/C21H28N2O4.ClH/c1-5-22-14-16-8-6-7-9-17(16)23-19(24)13-11-15-10-12-18(25-2)21(27-4)20(15)26-3;/h6-10,12,22H,5,11,13-14H2,1-4H3,(H,23,24);1H. The Morgan fingerprint density at radius 1 is 0.929 bits per heavy atom. The molecule has 0 atom stereocenters. The molecule has 154 valence electrons. The second-order valence-electron chi connectivity index (χ2n) is 5.98. The molecule has 0 aliphatic heterocycles. The molecule has 0 aliphatic rings. The lowest BCUT2D eigenvalue weighted by Gasteiger charge is -2.16. The lowest BCUT2D eigenvalue weighted by molar-refractivity contribution is -0.116. The van der Waals surface area contributed by atoms with E-state index in [0.29, 0.717) is 30.1 Å². The van der Waals surface area contributed by atoms with E-state index in [2.05, 4.69) is 17.6 Å². The third-order valence-corrected chi connectivity index (χ3v) is 4.26. The molecule has 0 fully saturated rings. The molecule has 0 heterocycles. The van der Waals surface area contributed by atoms with Crippen molar-refractivity contribution in [2.24, 2.45) is 0 Å². The smallest absolute Gasteiger partial charge is 0.224 e. The highest BCUT2D eigenvalue weighted by atomic mass is 35.5. The summed E-state index contributed by atoms with van der Waals surface area (Å²) in [6.07, 6.45) is 0.867. The molecule has 2 aromatic carbocycles. The summed E-state index contributed by atoms with van der Waals surface area (Å²) in [5.41, 5.74) is 2.80. The molecule has 0 saturated carbocycles. The van der Waals surface area contributed by atoms with Crippen LogP contribution in [0.4, 0.5) is 5.69 Å². The van der Waals surface area contributed by atoms with Gasteiger partial charge < -0.3 is 24.8 Å². The molecular formula is C21H29ClN2O4. The number of aryl methyl sites for hydroxylation is 1. The molecule has 0 spiro atoms. The summed E-state index contributed by atoms with van der Waals surface area (Å²) in [5.74, 6) is 1.68. The van der Waals surface area contributed by atoms with Crippen LogP contribution in [0.25, 0.3) is 0 Å². The van der Waals surface area contributed by atoms with Gasteiger partial charge in [-0.15, -0.1) is 12.4 Å². The highest BCUT2D eigenvalue weighted by molar-refractivity contribution is 5.91. The van der Waals surface area contributed by atoms with E-state index in [0.717, 1.165) is 29.9 Å². The van der Waals surface area contributed by atoms with Crippen molar-refractivity contribution < 1.29 is 19.0 Å². The van der Waals surface area contributed by atoms with E-state index in [9.17, 15) is 4.79 Å². The SMILES string of the molecule is CCNCc1ccccc1NC(=O)CCc1ccc(OC)c(OC)c1OC.Cl. The van der Waals surface area contributed by atoms with Gasteiger partial charge in [-0.05, 0) is 36.2 Å². The van der Waals surface area contributed by atoms with Crippen molar-refractivity contribution in [3.05, 3.63) is 47.5 Å². The Bertz CT molecular complexity index is 768. The normalized spacial score (nSPS) is 10.0. The van der Waals surface area contributed by atoms with E-state index in [1.807, 2.05) is 36.4 Å². The van der Waals surface area contributed by atoms with E-state index in [-0.39, 0.29) is 18.3 Å². The minimum atomic E-state index is -0.0456. The van der Waals surface area contributed by atoms with Gasteiger partial charge in [0.15, 0.2) is 11.5 Å². The molecule has 1 amide bonds. The van der Waals surface area contributed by atoms with Gasteiger partial charge in [-0.3, -0.25) is 4.79 Å². The fourth-order valence-electron chi connectivity index (χ4n) is 2.88. The van der Waals surface area contributed by atoms with Gasteiger partial charge in [-0.25, -0.2) is 0 Å². The summed E-state index contributed by atoms with van der Waals surface area (Å²) in [4.78, 5) is 12.5. The van der Waals surface area contributed by atoms with Crippen LogP contribution in [-0.4, -0.2) is 33.8 Å². The lowest BCUT2D eigenvalue weighted by Crippen LogP contribution is -2.17. The van der Waals surface area contributed by atoms with Crippen LogP contribution in [-0.2, 0) is 17.8 Å². The zero-order chi connectivity index (χ0) is 19.6. The van der Waals surface area contributed by atoms with Gasteiger partial charge in [0.05, 0.1) is 21.3 Å². The second kappa shape index (κ2) is 12.1. The number of ether oxygens (including phenoxy) is 3. The molecule has 2 rings (SSSR count). The highest BCUT2D eigenvalue weighted by Crippen LogP contribution is 2.40. The number of para-hydroxylation sites is 1. The van der Waals surface area contributed by atoms with Crippen LogP contribution in [0.3, 0.4) is 0 Å². The van der Waals surface area contributed by atoms with Crippen molar-refractivity contribution in [2.75, 3.05) is 33.2 Å². The number of methoxy groups -OCH3 is 3. The molecule has 0 aromatic heterocycles. The summed E-state index contributed by atoms with van der Waals surface area (Å²) in [6.45, 7) is 3.65. The number of amides is 1. The minimum absolute atomic E-state index is 0. The molecular weight excluding hydrogens is 380 g/mol. The Hall–Kier alpha value is -2.44. The Morgan fingerprint density at radius 2 is 1.64 bits per heavy atom. The van der Waals surface area contributed by atoms with Crippen molar-refractivity contribution in [3.8, 4) is 17.2 Å². The second-order valence-corrected chi connectivity index (χ2v) is 5.98. The van der Waals surface area contributed by atoms with Crippen LogP contribution in [0.1, 0.15) is 24.5 Å². The summed E-state index contributed by atoms with van der Waals surface area (Å²) in [6, 6.07) is 11.5. The maximum absolute atomic E-state index is 12.5. The minimum Gasteiger partial charge on any atom is -0.493 e. The van der Waals surface area contributed by atoms with Crippen molar-refractivity contribution in [2.45, 2.75) is 26.3 Å². The predicted octanol–water partition coefficient (Wildman–Crippen LogP) is 3.82. The fourth-order valence-corrected chi connectivity index (χ4v) is 2.88. The molecule has 7 heteroatoms. The molecule has 0 radical (unpaired) electrons. The predicted molar refractivity (Wildman–Crippen MR) is 114 cm³/mol. The Kier molecular flexibility index (Phi) is 10.2. The van der Waals surface area contributed by atoms with Crippen molar-refractivity contribution in [3.63, 3.8) is 0 Å². The van der Waals surface area contributed by atoms with Crippen molar-refractivity contribution >= 4 is 24.0 Å². The maximum Gasteiger partial charge on any atom is 0.224 e. The van der Waals surface area contributed by atoms with Gasteiger partial charge in [0, 0.05) is 18.7 Å². The van der Waals surface area contributed by atoms with Gasteiger partial charge in [0.2, 0.25) is 11.7 Å². The molecule has 0 saturated heterocycles. The molecule has 0 unspecified atom stereocenters. The largest absolute Gasteiger partial charge is 0.493 e. The Balaban J connectivity index is 0.00000392. The van der Waals surface area contributed by atoms with E-state index >= 15 is 0 Å². The first-order chi connectivity index (χ1) is 13.1. The van der Waals surface area contributed by atoms with Crippen LogP contribution < -0.4 is 24.8 Å². The fraction of sp³-hybridized carbons (Fsp3) is 0.381. The van der Waals surface area contributed by atoms with E-state index < -0.39 is 0 Å². The average molecular weight is 409 g/mol. The van der Waals surface area contributed by atoms with E-state index in [1.165, 1.54) is 0 Å². The molecule has 28 heavy (non-hydrogen) atoms. The van der Waals surface area contributed by atoms with Crippen LogP contribution in [0.5, 0.6) is 17.2 Å². The first kappa shape index (κ1) is 23.6. The van der Waals surface area contributed by atoms with Crippen molar-refractivity contribution in [1.82, 2.24) is 5.32 Å². The number of hydrogen-bond donors (Lipinski definition) is 2.